The zero-order valence-corrected chi connectivity index (χ0v) is 11.5. The SMILES string of the molecule is O=C(NC1CCCC1CO)c1cc(S)ccc1Cl. The first-order valence-corrected chi connectivity index (χ1v) is 6.84. The Balaban J connectivity index is 2.09. The highest BCUT2D eigenvalue weighted by Gasteiger charge is 2.28. The predicted molar refractivity (Wildman–Crippen MR) is 74.4 cm³/mol. The Morgan fingerprint density at radius 3 is 3.00 bits per heavy atom. The smallest absolute Gasteiger partial charge is 0.253 e. The molecule has 0 radical (unpaired) electrons. The maximum Gasteiger partial charge on any atom is 0.253 e. The van der Waals surface area contributed by atoms with Crippen molar-refractivity contribution in [2.75, 3.05) is 6.61 Å². The van der Waals surface area contributed by atoms with Gasteiger partial charge in [0.1, 0.15) is 0 Å². The Morgan fingerprint density at radius 2 is 2.28 bits per heavy atom. The van der Waals surface area contributed by atoms with Crippen LogP contribution >= 0.6 is 24.2 Å². The molecule has 1 aromatic rings. The van der Waals surface area contributed by atoms with Crippen LogP contribution in [0.1, 0.15) is 29.6 Å². The summed E-state index contributed by atoms with van der Waals surface area (Å²) in [6.07, 6.45) is 2.91. The van der Waals surface area contributed by atoms with Gasteiger partial charge in [0.15, 0.2) is 0 Å². The Morgan fingerprint density at radius 1 is 1.50 bits per heavy atom. The van der Waals surface area contributed by atoms with E-state index in [0.29, 0.717) is 15.5 Å². The van der Waals surface area contributed by atoms with Crippen LogP contribution in [0.4, 0.5) is 0 Å². The van der Waals surface area contributed by atoms with Gasteiger partial charge in [-0.2, -0.15) is 0 Å². The molecule has 0 bridgehead atoms. The second-order valence-electron chi connectivity index (χ2n) is 4.62. The molecule has 1 fully saturated rings. The summed E-state index contributed by atoms with van der Waals surface area (Å²) in [4.78, 5) is 12.8. The number of hydrogen-bond acceptors (Lipinski definition) is 3. The number of benzene rings is 1. The van der Waals surface area contributed by atoms with Crippen molar-refractivity contribution in [1.29, 1.82) is 0 Å². The van der Waals surface area contributed by atoms with Crippen LogP contribution in [0.2, 0.25) is 5.02 Å². The van der Waals surface area contributed by atoms with E-state index in [1.165, 1.54) is 0 Å². The summed E-state index contributed by atoms with van der Waals surface area (Å²) in [5.41, 5.74) is 0.438. The van der Waals surface area contributed by atoms with Gasteiger partial charge in [-0.3, -0.25) is 4.79 Å². The zero-order chi connectivity index (χ0) is 13.1. The fourth-order valence-corrected chi connectivity index (χ4v) is 2.79. The lowest BCUT2D eigenvalue weighted by Crippen LogP contribution is -2.38. The van der Waals surface area contributed by atoms with Gasteiger partial charge in [0.25, 0.3) is 5.91 Å². The normalized spacial score (nSPS) is 23.1. The number of aliphatic hydroxyl groups excluding tert-OH is 1. The summed E-state index contributed by atoms with van der Waals surface area (Å²) < 4.78 is 0. The third kappa shape index (κ3) is 2.99. The van der Waals surface area contributed by atoms with E-state index in [4.69, 9.17) is 11.6 Å². The standard InChI is InChI=1S/C13H16ClNO2S/c14-11-5-4-9(18)6-10(11)13(17)15-12-3-1-2-8(12)7-16/h4-6,8,12,16,18H,1-3,7H2,(H,15,17). The van der Waals surface area contributed by atoms with E-state index in [9.17, 15) is 9.90 Å². The van der Waals surface area contributed by atoms with Crippen LogP contribution < -0.4 is 5.32 Å². The number of amides is 1. The van der Waals surface area contributed by atoms with Crippen LogP contribution in [-0.2, 0) is 0 Å². The third-order valence-corrected chi connectivity index (χ3v) is 4.01. The molecule has 98 valence electrons. The number of hydrogen-bond donors (Lipinski definition) is 3. The van der Waals surface area contributed by atoms with E-state index in [1.54, 1.807) is 18.2 Å². The van der Waals surface area contributed by atoms with Gasteiger partial charge in [-0.05, 0) is 31.0 Å². The molecule has 1 saturated carbocycles. The maximum absolute atomic E-state index is 12.1. The van der Waals surface area contributed by atoms with E-state index in [1.807, 2.05) is 0 Å². The lowest BCUT2D eigenvalue weighted by atomic mass is 10.0. The van der Waals surface area contributed by atoms with Crippen molar-refractivity contribution in [2.45, 2.75) is 30.2 Å². The van der Waals surface area contributed by atoms with Gasteiger partial charge in [0.2, 0.25) is 0 Å². The van der Waals surface area contributed by atoms with Crippen LogP contribution in [0.5, 0.6) is 0 Å². The Bertz CT molecular complexity index is 453. The van der Waals surface area contributed by atoms with Crippen LogP contribution in [0.25, 0.3) is 0 Å². The van der Waals surface area contributed by atoms with Gasteiger partial charge in [-0.25, -0.2) is 0 Å². The second-order valence-corrected chi connectivity index (χ2v) is 5.54. The second kappa shape index (κ2) is 5.95. The van der Waals surface area contributed by atoms with E-state index in [0.717, 1.165) is 19.3 Å². The Kier molecular flexibility index (Phi) is 4.54. The molecule has 0 aliphatic heterocycles. The molecule has 1 aliphatic carbocycles. The summed E-state index contributed by atoms with van der Waals surface area (Å²) in [5, 5.41) is 12.6. The van der Waals surface area contributed by atoms with E-state index in [-0.39, 0.29) is 24.5 Å². The quantitative estimate of drug-likeness (QED) is 0.748. The molecule has 0 spiro atoms. The number of rotatable bonds is 3. The Hall–Kier alpha value is -0.710. The molecule has 1 aliphatic rings. The van der Waals surface area contributed by atoms with Crippen LogP contribution in [0, 0.1) is 5.92 Å². The fourth-order valence-electron chi connectivity index (χ4n) is 2.38. The first-order valence-electron chi connectivity index (χ1n) is 6.02. The first kappa shape index (κ1) is 13.7. The van der Waals surface area contributed by atoms with Crippen LogP contribution in [0.15, 0.2) is 23.1 Å². The third-order valence-electron chi connectivity index (χ3n) is 3.40. The number of carbonyl (C=O) groups excluding carboxylic acids is 1. The summed E-state index contributed by atoms with van der Waals surface area (Å²) in [6.45, 7) is 0.116. The van der Waals surface area contributed by atoms with E-state index in [2.05, 4.69) is 17.9 Å². The number of thiol groups is 1. The first-order chi connectivity index (χ1) is 8.61. The maximum atomic E-state index is 12.1. The molecule has 2 N–H and O–H groups in total. The van der Waals surface area contributed by atoms with Crippen molar-refractivity contribution in [1.82, 2.24) is 5.32 Å². The molecule has 1 amide bonds. The molecular weight excluding hydrogens is 270 g/mol. The van der Waals surface area contributed by atoms with Gasteiger partial charge >= 0.3 is 0 Å². The Labute approximate surface area is 117 Å². The van der Waals surface area contributed by atoms with Crippen molar-refractivity contribution in [2.24, 2.45) is 5.92 Å². The van der Waals surface area contributed by atoms with Crippen LogP contribution in [-0.4, -0.2) is 23.7 Å². The average molecular weight is 286 g/mol. The van der Waals surface area contributed by atoms with Crippen molar-refractivity contribution in [3.05, 3.63) is 28.8 Å². The van der Waals surface area contributed by atoms with Gasteiger partial charge in [-0.1, -0.05) is 18.0 Å². The van der Waals surface area contributed by atoms with Crippen molar-refractivity contribution in [3.8, 4) is 0 Å². The van der Waals surface area contributed by atoms with E-state index < -0.39 is 0 Å². The van der Waals surface area contributed by atoms with Gasteiger partial charge in [0, 0.05) is 23.5 Å². The van der Waals surface area contributed by atoms with Crippen molar-refractivity contribution in [3.63, 3.8) is 0 Å². The lowest BCUT2D eigenvalue weighted by molar-refractivity contribution is 0.0916. The number of aliphatic hydroxyl groups is 1. The topological polar surface area (TPSA) is 49.3 Å². The lowest BCUT2D eigenvalue weighted by Gasteiger charge is -2.19. The molecule has 0 aromatic heterocycles. The van der Waals surface area contributed by atoms with Crippen molar-refractivity contribution >= 4 is 30.1 Å². The number of carbonyl (C=O) groups is 1. The molecule has 3 nitrogen and oxygen atoms in total. The minimum Gasteiger partial charge on any atom is -0.396 e. The molecule has 5 heteroatoms. The van der Waals surface area contributed by atoms with Gasteiger partial charge in [-0.15, -0.1) is 12.6 Å². The summed E-state index contributed by atoms with van der Waals surface area (Å²) in [5.74, 6) is -0.0341. The largest absolute Gasteiger partial charge is 0.396 e. The predicted octanol–water partition coefficient (Wildman–Crippen LogP) is 2.52. The average Bonchev–Trinajstić information content (AvgIpc) is 2.79. The van der Waals surface area contributed by atoms with Crippen LogP contribution in [0.3, 0.4) is 0 Å². The van der Waals surface area contributed by atoms with E-state index >= 15 is 0 Å². The van der Waals surface area contributed by atoms with Crippen molar-refractivity contribution < 1.29 is 9.90 Å². The molecule has 18 heavy (non-hydrogen) atoms. The fraction of sp³-hybridized carbons (Fsp3) is 0.462. The molecule has 1 aromatic carbocycles. The summed E-state index contributed by atoms with van der Waals surface area (Å²) >= 11 is 10.2. The monoisotopic (exact) mass is 285 g/mol. The molecule has 2 unspecified atom stereocenters. The minimum atomic E-state index is -0.193. The van der Waals surface area contributed by atoms with Gasteiger partial charge in [0.05, 0.1) is 10.6 Å². The molecular formula is C13H16ClNO2S. The summed E-state index contributed by atoms with van der Waals surface area (Å²) in [6, 6.07) is 5.11. The number of nitrogens with one attached hydrogen (secondary N) is 1. The highest BCUT2D eigenvalue weighted by atomic mass is 35.5. The number of halogens is 1. The van der Waals surface area contributed by atoms with Gasteiger partial charge < -0.3 is 10.4 Å². The minimum absolute atomic E-state index is 0.0436. The molecule has 0 heterocycles. The molecule has 2 atom stereocenters. The zero-order valence-electron chi connectivity index (χ0n) is 9.90. The highest BCUT2D eigenvalue weighted by molar-refractivity contribution is 7.80. The molecule has 0 saturated heterocycles. The highest BCUT2D eigenvalue weighted by Crippen LogP contribution is 2.26. The summed E-state index contributed by atoms with van der Waals surface area (Å²) in [7, 11) is 0. The molecule has 2 rings (SSSR count).